The van der Waals surface area contributed by atoms with Crippen molar-refractivity contribution in [2.45, 2.75) is 25.8 Å². The van der Waals surface area contributed by atoms with E-state index in [-0.39, 0.29) is 5.92 Å². The zero-order valence-corrected chi connectivity index (χ0v) is 19.4. The number of likely N-dealkylation sites (tertiary alicyclic amines) is 1. The van der Waals surface area contributed by atoms with Crippen LogP contribution in [0.25, 0.3) is 44.6 Å². The first-order chi connectivity index (χ1) is 17.2. The lowest BCUT2D eigenvalue weighted by atomic mass is 10.0. The van der Waals surface area contributed by atoms with Crippen LogP contribution in [-0.4, -0.2) is 48.6 Å². The number of nitrogens with one attached hydrogen (secondary N) is 1. The molecule has 1 atom stereocenters. The van der Waals surface area contributed by atoms with Crippen molar-refractivity contribution in [3.05, 3.63) is 67.0 Å². The molecule has 4 heterocycles. The van der Waals surface area contributed by atoms with Crippen LogP contribution in [0.3, 0.4) is 0 Å². The van der Waals surface area contributed by atoms with E-state index in [1.54, 1.807) is 6.20 Å². The van der Waals surface area contributed by atoms with Gasteiger partial charge in [0.25, 0.3) is 0 Å². The first kappa shape index (κ1) is 20.4. The summed E-state index contributed by atoms with van der Waals surface area (Å²) in [6.07, 6.45) is 6.81. The summed E-state index contributed by atoms with van der Waals surface area (Å²) in [5.41, 5.74) is 6.23. The highest BCUT2D eigenvalue weighted by Crippen LogP contribution is 2.34. The van der Waals surface area contributed by atoms with Gasteiger partial charge < -0.3 is 9.47 Å². The van der Waals surface area contributed by atoms with E-state index in [0.717, 1.165) is 83.5 Å². The summed E-state index contributed by atoms with van der Waals surface area (Å²) in [5.74, 6) is 2.00. The molecule has 0 spiro atoms. The number of carbonyl (C=O) groups is 1. The van der Waals surface area contributed by atoms with Crippen molar-refractivity contribution in [2.75, 3.05) is 13.1 Å². The average molecular weight is 463 g/mol. The van der Waals surface area contributed by atoms with Gasteiger partial charge in [-0.25, -0.2) is 9.97 Å². The molecule has 1 aliphatic heterocycles. The largest absolute Gasteiger partial charge is 0.342 e. The molecular weight excluding hydrogens is 436 g/mol. The topological polar surface area (TPSA) is 79.7 Å². The highest BCUT2D eigenvalue weighted by atomic mass is 16.2. The number of imidazole rings is 1. The van der Waals surface area contributed by atoms with Crippen LogP contribution < -0.4 is 0 Å². The maximum atomic E-state index is 12.6. The van der Waals surface area contributed by atoms with Crippen molar-refractivity contribution in [2.24, 2.45) is 11.8 Å². The van der Waals surface area contributed by atoms with Gasteiger partial charge in [-0.1, -0.05) is 30.3 Å². The minimum absolute atomic E-state index is 0.287. The molecule has 2 fully saturated rings. The van der Waals surface area contributed by atoms with Gasteiger partial charge in [-0.2, -0.15) is 5.10 Å². The number of benzene rings is 2. The number of pyridine rings is 1. The molecule has 0 bridgehead atoms. The van der Waals surface area contributed by atoms with Gasteiger partial charge in [0.05, 0.1) is 17.2 Å². The Hall–Kier alpha value is -4.00. The zero-order chi connectivity index (χ0) is 23.4. The van der Waals surface area contributed by atoms with Crippen LogP contribution >= 0.6 is 0 Å². The Morgan fingerprint density at radius 1 is 1.00 bits per heavy atom. The van der Waals surface area contributed by atoms with Crippen LogP contribution in [0.5, 0.6) is 0 Å². The minimum Gasteiger partial charge on any atom is -0.342 e. The second kappa shape index (κ2) is 8.05. The monoisotopic (exact) mass is 462 g/mol. The third kappa shape index (κ3) is 3.67. The number of H-pyrrole nitrogens is 1. The van der Waals surface area contributed by atoms with E-state index >= 15 is 0 Å². The van der Waals surface area contributed by atoms with Crippen molar-refractivity contribution >= 4 is 28.0 Å². The standard InChI is InChI=1S/C28H26N6O/c35-28(21-7-8-21)33-13-11-18(16-33)17-34-25-2-1-12-29-26(25)31-27(34)20-5-3-19(4-6-20)22-9-10-24-23(14-22)15-30-32-24/h1-6,9-10,12,14-15,18,21H,7-8,11,13,16-17H2,(H,30,32)/t18-/m0/s1. The number of aromatic amines is 1. The number of hydrogen-bond donors (Lipinski definition) is 1. The quantitative estimate of drug-likeness (QED) is 0.403. The van der Waals surface area contributed by atoms with Crippen LogP contribution in [0.2, 0.25) is 0 Å². The zero-order valence-electron chi connectivity index (χ0n) is 19.4. The molecule has 7 rings (SSSR count). The Labute approximate surface area is 202 Å². The fraction of sp³-hybridized carbons (Fsp3) is 0.286. The lowest BCUT2D eigenvalue weighted by molar-refractivity contribution is -0.131. The highest BCUT2D eigenvalue weighted by molar-refractivity contribution is 5.85. The van der Waals surface area contributed by atoms with E-state index in [9.17, 15) is 4.79 Å². The van der Waals surface area contributed by atoms with Crippen molar-refractivity contribution in [3.63, 3.8) is 0 Å². The summed E-state index contributed by atoms with van der Waals surface area (Å²) in [6.45, 7) is 2.55. The SMILES string of the molecule is O=C(C1CC1)N1CC[C@H](Cn2c(-c3ccc(-c4ccc5[nH]ncc5c4)cc3)nc3ncccc32)C1. The third-order valence-electron chi connectivity index (χ3n) is 7.41. The lowest BCUT2D eigenvalue weighted by Crippen LogP contribution is -2.30. The fourth-order valence-corrected chi connectivity index (χ4v) is 5.33. The lowest BCUT2D eigenvalue weighted by Gasteiger charge is -2.17. The molecule has 7 nitrogen and oxygen atoms in total. The third-order valence-corrected chi connectivity index (χ3v) is 7.41. The van der Waals surface area contributed by atoms with Gasteiger partial charge >= 0.3 is 0 Å². The fourth-order valence-electron chi connectivity index (χ4n) is 5.33. The number of rotatable bonds is 5. The van der Waals surface area contributed by atoms with E-state index in [4.69, 9.17) is 4.98 Å². The normalized spacial score (nSPS) is 18.1. The molecule has 1 N–H and O–H groups in total. The van der Waals surface area contributed by atoms with Gasteiger partial charge in [-0.15, -0.1) is 0 Å². The molecule has 0 unspecified atom stereocenters. The molecule has 1 saturated carbocycles. The molecule has 35 heavy (non-hydrogen) atoms. The van der Waals surface area contributed by atoms with Crippen molar-refractivity contribution in [1.29, 1.82) is 0 Å². The van der Waals surface area contributed by atoms with Crippen molar-refractivity contribution in [3.8, 4) is 22.5 Å². The summed E-state index contributed by atoms with van der Waals surface area (Å²) in [6, 6.07) is 19.0. The minimum atomic E-state index is 0.287. The Balaban J connectivity index is 1.19. The molecule has 2 aliphatic rings. The molecule has 174 valence electrons. The summed E-state index contributed by atoms with van der Waals surface area (Å²) < 4.78 is 2.30. The smallest absolute Gasteiger partial charge is 0.225 e. The van der Waals surface area contributed by atoms with Gasteiger partial charge in [0.15, 0.2) is 5.65 Å². The number of carbonyl (C=O) groups excluding carboxylic acids is 1. The van der Waals surface area contributed by atoms with Crippen LogP contribution in [0, 0.1) is 11.8 Å². The van der Waals surface area contributed by atoms with Crippen LogP contribution in [-0.2, 0) is 11.3 Å². The second-order valence-corrected chi connectivity index (χ2v) is 9.85. The highest BCUT2D eigenvalue weighted by Gasteiger charge is 2.36. The van der Waals surface area contributed by atoms with Gasteiger partial charge in [0, 0.05) is 42.7 Å². The van der Waals surface area contributed by atoms with Crippen molar-refractivity contribution < 1.29 is 4.79 Å². The van der Waals surface area contributed by atoms with Gasteiger partial charge in [0.1, 0.15) is 5.82 Å². The Morgan fingerprint density at radius 3 is 2.69 bits per heavy atom. The van der Waals surface area contributed by atoms with E-state index in [2.05, 4.69) is 73.2 Å². The maximum Gasteiger partial charge on any atom is 0.225 e. The summed E-state index contributed by atoms with van der Waals surface area (Å²) in [4.78, 5) is 24.1. The Bertz CT molecular complexity index is 1550. The second-order valence-electron chi connectivity index (χ2n) is 9.85. The van der Waals surface area contributed by atoms with Gasteiger partial charge in [-0.3, -0.25) is 9.89 Å². The van der Waals surface area contributed by atoms with Crippen LogP contribution in [0.15, 0.2) is 67.0 Å². The summed E-state index contributed by atoms with van der Waals surface area (Å²) in [7, 11) is 0. The predicted octanol–water partition coefficient (Wildman–Crippen LogP) is 4.90. The van der Waals surface area contributed by atoms with E-state index < -0.39 is 0 Å². The predicted molar refractivity (Wildman–Crippen MR) is 135 cm³/mol. The molecule has 5 aromatic rings. The molecule has 0 radical (unpaired) electrons. The summed E-state index contributed by atoms with van der Waals surface area (Å²) in [5, 5.41) is 8.23. The van der Waals surface area contributed by atoms with Gasteiger partial charge in [0.2, 0.25) is 5.91 Å². The number of amides is 1. The molecule has 1 amide bonds. The van der Waals surface area contributed by atoms with E-state index in [1.165, 1.54) is 0 Å². The molecule has 3 aromatic heterocycles. The van der Waals surface area contributed by atoms with Crippen molar-refractivity contribution in [1.82, 2.24) is 29.6 Å². The number of hydrogen-bond acceptors (Lipinski definition) is 4. The van der Waals surface area contributed by atoms with Gasteiger partial charge in [-0.05, 0) is 60.6 Å². The van der Waals surface area contributed by atoms with E-state index in [0.29, 0.717) is 11.8 Å². The first-order valence-electron chi connectivity index (χ1n) is 12.4. The first-order valence-corrected chi connectivity index (χ1v) is 12.4. The maximum absolute atomic E-state index is 12.6. The average Bonchev–Trinajstić information content (AvgIpc) is 3.30. The molecule has 1 saturated heterocycles. The van der Waals surface area contributed by atoms with Crippen LogP contribution in [0.4, 0.5) is 0 Å². The Morgan fingerprint density at radius 2 is 1.83 bits per heavy atom. The number of nitrogens with zero attached hydrogens (tertiary/aromatic N) is 5. The number of aromatic nitrogens is 5. The van der Waals surface area contributed by atoms with E-state index in [1.807, 2.05) is 12.3 Å². The Kier molecular flexibility index (Phi) is 4.68. The molecule has 2 aromatic carbocycles. The number of fused-ring (bicyclic) bond motifs is 2. The molecule has 7 heteroatoms. The molecule has 1 aliphatic carbocycles. The summed E-state index contributed by atoms with van der Waals surface area (Å²) >= 11 is 0. The molecular formula is C28H26N6O. The van der Waals surface area contributed by atoms with Crippen LogP contribution in [0.1, 0.15) is 19.3 Å².